The van der Waals surface area contributed by atoms with Crippen molar-refractivity contribution in [1.29, 1.82) is 0 Å². The van der Waals surface area contributed by atoms with Crippen LogP contribution in [0.1, 0.15) is 18.4 Å². The zero-order chi connectivity index (χ0) is 9.38. The van der Waals surface area contributed by atoms with Crippen molar-refractivity contribution >= 4 is 0 Å². The fraction of sp³-hybridized carbons (Fsp3) is 0.500. The van der Waals surface area contributed by atoms with Crippen molar-refractivity contribution in [2.75, 3.05) is 6.61 Å². The normalized spacial score (nSPS) is 25.3. The van der Waals surface area contributed by atoms with E-state index in [-0.39, 0.29) is 0 Å². The lowest BCUT2D eigenvalue weighted by Gasteiger charge is -2.26. The Morgan fingerprint density at radius 1 is 1.14 bits per heavy atom. The molecule has 1 N–H and O–H groups in total. The van der Waals surface area contributed by atoms with Crippen molar-refractivity contribution in [3.8, 4) is 5.75 Å². The van der Waals surface area contributed by atoms with Crippen molar-refractivity contribution in [3.05, 3.63) is 29.8 Å². The molecule has 1 aliphatic heterocycles. The molecule has 2 nitrogen and oxygen atoms in total. The largest absolute Gasteiger partial charge is 0.492 e. The fourth-order valence-electron chi connectivity index (χ4n) is 2.02. The minimum absolute atomic E-state index is 0.525. The van der Waals surface area contributed by atoms with Gasteiger partial charge in [-0.1, -0.05) is 18.2 Å². The van der Waals surface area contributed by atoms with Gasteiger partial charge in [0.1, 0.15) is 12.4 Å². The van der Waals surface area contributed by atoms with Gasteiger partial charge in [-0.2, -0.15) is 0 Å². The molecule has 0 aromatic heterocycles. The Kier molecular flexibility index (Phi) is 1.95. The summed E-state index contributed by atoms with van der Waals surface area (Å²) < 4.78 is 5.70. The van der Waals surface area contributed by atoms with E-state index in [9.17, 15) is 0 Å². The molecular formula is C12H15NO. The Hall–Kier alpha value is -1.02. The number of para-hydroxylation sites is 1. The Morgan fingerprint density at radius 2 is 2.00 bits per heavy atom. The molecule has 1 unspecified atom stereocenters. The van der Waals surface area contributed by atoms with Crippen LogP contribution in [0.15, 0.2) is 24.3 Å². The van der Waals surface area contributed by atoms with E-state index in [0.29, 0.717) is 6.04 Å². The summed E-state index contributed by atoms with van der Waals surface area (Å²) in [5.41, 5.74) is 1.34. The summed E-state index contributed by atoms with van der Waals surface area (Å²) in [5, 5.41) is 3.61. The quantitative estimate of drug-likeness (QED) is 0.765. The zero-order valence-electron chi connectivity index (χ0n) is 8.20. The van der Waals surface area contributed by atoms with E-state index >= 15 is 0 Å². The van der Waals surface area contributed by atoms with E-state index in [2.05, 4.69) is 23.5 Å². The molecule has 0 saturated heterocycles. The minimum atomic E-state index is 0.525. The average molecular weight is 189 g/mol. The van der Waals surface area contributed by atoms with Crippen LogP contribution in [0.4, 0.5) is 0 Å². The van der Waals surface area contributed by atoms with Crippen molar-refractivity contribution in [1.82, 2.24) is 5.32 Å². The summed E-state index contributed by atoms with van der Waals surface area (Å²) in [4.78, 5) is 0. The molecule has 1 fully saturated rings. The van der Waals surface area contributed by atoms with Crippen LogP contribution in [0, 0.1) is 0 Å². The summed E-state index contributed by atoms with van der Waals surface area (Å²) in [6.07, 6.45) is 3.81. The number of rotatable bonds is 2. The maximum Gasteiger partial charge on any atom is 0.122 e. The molecule has 1 heterocycles. The average Bonchev–Trinajstić information content (AvgIpc) is 3.02. The van der Waals surface area contributed by atoms with Crippen LogP contribution in [-0.4, -0.2) is 18.7 Å². The van der Waals surface area contributed by atoms with Crippen LogP contribution >= 0.6 is 0 Å². The van der Waals surface area contributed by atoms with Gasteiger partial charge in [-0.3, -0.25) is 0 Å². The first-order valence-corrected chi connectivity index (χ1v) is 5.38. The van der Waals surface area contributed by atoms with Gasteiger partial charge in [0.2, 0.25) is 0 Å². The maximum absolute atomic E-state index is 5.70. The van der Waals surface area contributed by atoms with Crippen LogP contribution in [0.2, 0.25) is 0 Å². The third-order valence-electron chi connectivity index (χ3n) is 2.93. The lowest BCUT2D eigenvalue weighted by molar-refractivity contribution is 0.238. The maximum atomic E-state index is 5.70. The first kappa shape index (κ1) is 8.30. The number of fused-ring (bicyclic) bond motifs is 1. The molecule has 1 aromatic rings. The van der Waals surface area contributed by atoms with Crippen molar-refractivity contribution < 1.29 is 4.74 Å². The SMILES string of the molecule is c1ccc2c(c1)CC(NC1CC1)CO2. The standard InChI is InChI=1S/C12H15NO/c1-2-4-12-9(3-1)7-11(8-14-12)13-10-5-6-10/h1-4,10-11,13H,5-8H2. The van der Waals surface area contributed by atoms with Crippen molar-refractivity contribution in [2.45, 2.75) is 31.3 Å². The minimum Gasteiger partial charge on any atom is -0.492 e. The van der Waals surface area contributed by atoms with Gasteiger partial charge in [-0.05, 0) is 30.9 Å². The molecule has 1 atom stereocenters. The van der Waals surface area contributed by atoms with Gasteiger partial charge >= 0.3 is 0 Å². The van der Waals surface area contributed by atoms with E-state index in [0.717, 1.165) is 24.8 Å². The fourth-order valence-corrected chi connectivity index (χ4v) is 2.02. The van der Waals surface area contributed by atoms with Crippen LogP contribution in [-0.2, 0) is 6.42 Å². The molecule has 2 aliphatic rings. The first-order valence-electron chi connectivity index (χ1n) is 5.38. The van der Waals surface area contributed by atoms with Gasteiger partial charge in [0.05, 0.1) is 0 Å². The molecule has 0 radical (unpaired) electrons. The smallest absolute Gasteiger partial charge is 0.122 e. The van der Waals surface area contributed by atoms with Gasteiger partial charge in [0, 0.05) is 12.1 Å². The van der Waals surface area contributed by atoms with Crippen LogP contribution in [0.5, 0.6) is 5.75 Å². The Bertz CT molecular complexity index is 333. The molecule has 1 aliphatic carbocycles. The Labute approximate surface area is 84.3 Å². The number of nitrogens with one attached hydrogen (secondary N) is 1. The predicted octanol–water partition coefficient (Wildman–Crippen LogP) is 1.74. The van der Waals surface area contributed by atoms with Crippen LogP contribution in [0.3, 0.4) is 0 Å². The Morgan fingerprint density at radius 3 is 2.86 bits per heavy atom. The summed E-state index contributed by atoms with van der Waals surface area (Å²) in [7, 11) is 0. The van der Waals surface area contributed by atoms with Gasteiger partial charge in [-0.25, -0.2) is 0 Å². The van der Waals surface area contributed by atoms with Crippen LogP contribution < -0.4 is 10.1 Å². The zero-order valence-corrected chi connectivity index (χ0v) is 8.20. The third-order valence-corrected chi connectivity index (χ3v) is 2.93. The van der Waals surface area contributed by atoms with E-state index < -0.39 is 0 Å². The lowest BCUT2D eigenvalue weighted by Crippen LogP contribution is -2.40. The molecule has 3 rings (SSSR count). The second-order valence-electron chi connectivity index (χ2n) is 4.26. The van der Waals surface area contributed by atoms with Crippen molar-refractivity contribution in [2.24, 2.45) is 0 Å². The van der Waals surface area contributed by atoms with Gasteiger partial charge < -0.3 is 10.1 Å². The molecular weight excluding hydrogens is 174 g/mol. The Balaban J connectivity index is 1.72. The predicted molar refractivity (Wildman–Crippen MR) is 55.6 cm³/mol. The topological polar surface area (TPSA) is 21.3 Å². The highest BCUT2D eigenvalue weighted by molar-refractivity contribution is 5.35. The van der Waals surface area contributed by atoms with Crippen molar-refractivity contribution in [3.63, 3.8) is 0 Å². The first-order chi connectivity index (χ1) is 6.92. The lowest BCUT2D eigenvalue weighted by atomic mass is 10.0. The van der Waals surface area contributed by atoms with E-state index in [4.69, 9.17) is 4.74 Å². The molecule has 2 heteroatoms. The summed E-state index contributed by atoms with van der Waals surface area (Å²) >= 11 is 0. The number of hydrogen-bond donors (Lipinski definition) is 1. The van der Waals surface area contributed by atoms with E-state index in [1.165, 1.54) is 18.4 Å². The van der Waals surface area contributed by atoms with E-state index in [1.54, 1.807) is 0 Å². The monoisotopic (exact) mass is 189 g/mol. The molecule has 1 saturated carbocycles. The number of benzene rings is 1. The van der Waals surface area contributed by atoms with Gasteiger partial charge in [0.15, 0.2) is 0 Å². The summed E-state index contributed by atoms with van der Waals surface area (Å²) in [5.74, 6) is 1.07. The molecule has 0 bridgehead atoms. The molecule has 14 heavy (non-hydrogen) atoms. The number of ether oxygens (including phenoxy) is 1. The molecule has 0 amide bonds. The van der Waals surface area contributed by atoms with Gasteiger partial charge in [0.25, 0.3) is 0 Å². The summed E-state index contributed by atoms with van der Waals surface area (Å²) in [6.45, 7) is 0.827. The summed E-state index contributed by atoms with van der Waals surface area (Å²) in [6, 6.07) is 9.64. The second-order valence-corrected chi connectivity index (χ2v) is 4.26. The van der Waals surface area contributed by atoms with Gasteiger partial charge in [-0.15, -0.1) is 0 Å². The third kappa shape index (κ3) is 1.62. The highest BCUT2D eigenvalue weighted by Gasteiger charge is 2.27. The highest BCUT2D eigenvalue weighted by Crippen LogP contribution is 2.26. The van der Waals surface area contributed by atoms with Crippen LogP contribution in [0.25, 0.3) is 0 Å². The molecule has 74 valence electrons. The van der Waals surface area contributed by atoms with E-state index in [1.807, 2.05) is 6.07 Å². The molecule has 0 spiro atoms. The second kappa shape index (κ2) is 3.28. The number of hydrogen-bond acceptors (Lipinski definition) is 2. The highest BCUT2D eigenvalue weighted by atomic mass is 16.5. The molecule has 1 aromatic carbocycles.